The van der Waals surface area contributed by atoms with E-state index in [2.05, 4.69) is 4.98 Å². The highest BCUT2D eigenvalue weighted by Crippen LogP contribution is 2.24. The van der Waals surface area contributed by atoms with Crippen LogP contribution in [0.15, 0.2) is 12.4 Å². The van der Waals surface area contributed by atoms with Gasteiger partial charge >= 0.3 is 0 Å². The topological polar surface area (TPSA) is 38.1 Å². The standard InChI is InChI=1S/C11H20N2O/c1-5-11(14,9(2)3)8-10-12-6-7-13(10)4/h6-7,9,14H,5,8H2,1-4H3. The van der Waals surface area contributed by atoms with Gasteiger partial charge in [-0.1, -0.05) is 20.8 Å². The Morgan fingerprint density at radius 1 is 1.57 bits per heavy atom. The molecular formula is C11H20N2O. The highest BCUT2D eigenvalue weighted by atomic mass is 16.3. The summed E-state index contributed by atoms with van der Waals surface area (Å²) in [5, 5.41) is 10.3. The molecule has 0 aliphatic heterocycles. The van der Waals surface area contributed by atoms with E-state index in [9.17, 15) is 5.11 Å². The van der Waals surface area contributed by atoms with Gasteiger partial charge in [-0.3, -0.25) is 0 Å². The van der Waals surface area contributed by atoms with E-state index in [-0.39, 0.29) is 5.92 Å². The molecule has 1 atom stereocenters. The van der Waals surface area contributed by atoms with Crippen molar-refractivity contribution in [1.82, 2.24) is 9.55 Å². The first-order chi connectivity index (χ1) is 6.49. The lowest BCUT2D eigenvalue weighted by atomic mass is 9.84. The van der Waals surface area contributed by atoms with Crippen molar-refractivity contribution in [2.24, 2.45) is 13.0 Å². The zero-order valence-electron chi connectivity index (χ0n) is 9.49. The normalized spacial score (nSPS) is 15.9. The molecule has 1 N–H and O–H groups in total. The summed E-state index contributed by atoms with van der Waals surface area (Å²) in [5.74, 6) is 1.20. The van der Waals surface area contributed by atoms with Gasteiger partial charge in [0.2, 0.25) is 0 Å². The Morgan fingerprint density at radius 3 is 2.57 bits per heavy atom. The molecule has 1 aromatic heterocycles. The number of hydrogen-bond donors (Lipinski definition) is 1. The molecule has 0 aliphatic rings. The first-order valence-corrected chi connectivity index (χ1v) is 5.18. The summed E-state index contributed by atoms with van der Waals surface area (Å²) in [5.41, 5.74) is -0.626. The third-order valence-corrected chi connectivity index (χ3v) is 3.07. The summed E-state index contributed by atoms with van der Waals surface area (Å²) in [7, 11) is 1.96. The Morgan fingerprint density at radius 2 is 2.21 bits per heavy atom. The van der Waals surface area contributed by atoms with Gasteiger partial charge in [0.15, 0.2) is 0 Å². The third-order valence-electron chi connectivity index (χ3n) is 3.07. The number of aryl methyl sites for hydroxylation is 1. The molecule has 1 rings (SSSR count). The van der Waals surface area contributed by atoms with Crippen molar-refractivity contribution in [2.75, 3.05) is 0 Å². The lowest BCUT2D eigenvalue weighted by Crippen LogP contribution is -2.37. The van der Waals surface area contributed by atoms with Crippen LogP contribution in [0.3, 0.4) is 0 Å². The second kappa shape index (κ2) is 4.13. The second-order valence-electron chi connectivity index (χ2n) is 4.24. The van der Waals surface area contributed by atoms with Crippen molar-refractivity contribution in [1.29, 1.82) is 0 Å². The fourth-order valence-corrected chi connectivity index (χ4v) is 1.58. The fraction of sp³-hybridized carbons (Fsp3) is 0.727. The van der Waals surface area contributed by atoms with E-state index in [1.165, 1.54) is 0 Å². The molecule has 1 aromatic rings. The van der Waals surface area contributed by atoms with Crippen molar-refractivity contribution in [2.45, 2.75) is 39.2 Å². The van der Waals surface area contributed by atoms with Crippen LogP contribution in [-0.2, 0) is 13.5 Å². The van der Waals surface area contributed by atoms with Crippen LogP contribution in [0.2, 0.25) is 0 Å². The Bertz CT molecular complexity index is 293. The second-order valence-corrected chi connectivity index (χ2v) is 4.24. The average molecular weight is 196 g/mol. The monoisotopic (exact) mass is 196 g/mol. The molecular weight excluding hydrogens is 176 g/mol. The van der Waals surface area contributed by atoms with Crippen molar-refractivity contribution < 1.29 is 5.11 Å². The van der Waals surface area contributed by atoms with Crippen LogP contribution >= 0.6 is 0 Å². The van der Waals surface area contributed by atoms with Gasteiger partial charge in [-0.15, -0.1) is 0 Å². The Labute approximate surface area is 85.8 Å². The van der Waals surface area contributed by atoms with Crippen LogP contribution in [0.1, 0.15) is 33.0 Å². The molecule has 1 heterocycles. The molecule has 80 valence electrons. The SMILES string of the molecule is CCC(O)(Cc1nccn1C)C(C)C. The maximum atomic E-state index is 10.3. The van der Waals surface area contributed by atoms with Crippen molar-refractivity contribution in [3.63, 3.8) is 0 Å². The van der Waals surface area contributed by atoms with E-state index in [1.807, 2.05) is 38.6 Å². The molecule has 0 saturated heterocycles. The summed E-state index contributed by atoms with van der Waals surface area (Å²) < 4.78 is 1.96. The molecule has 0 aromatic carbocycles. The predicted molar refractivity (Wildman–Crippen MR) is 57.0 cm³/mol. The lowest BCUT2D eigenvalue weighted by molar-refractivity contribution is -0.0105. The molecule has 0 aliphatic carbocycles. The van der Waals surface area contributed by atoms with Gasteiger partial charge in [-0.05, 0) is 12.3 Å². The average Bonchev–Trinajstić information content (AvgIpc) is 2.51. The fourth-order valence-electron chi connectivity index (χ4n) is 1.58. The molecule has 3 heteroatoms. The molecule has 0 amide bonds. The summed E-state index contributed by atoms with van der Waals surface area (Å²) in [6.45, 7) is 6.11. The minimum atomic E-state index is -0.626. The third kappa shape index (κ3) is 2.15. The molecule has 14 heavy (non-hydrogen) atoms. The molecule has 0 saturated carbocycles. The van der Waals surface area contributed by atoms with E-state index >= 15 is 0 Å². The van der Waals surface area contributed by atoms with Crippen LogP contribution < -0.4 is 0 Å². The summed E-state index contributed by atoms with van der Waals surface area (Å²) in [4.78, 5) is 4.23. The maximum absolute atomic E-state index is 10.3. The van der Waals surface area contributed by atoms with Crippen molar-refractivity contribution in [3.8, 4) is 0 Å². The van der Waals surface area contributed by atoms with Crippen LogP contribution in [0.5, 0.6) is 0 Å². The summed E-state index contributed by atoms with van der Waals surface area (Å²) >= 11 is 0. The largest absolute Gasteiger partial charge is 0.389 e. The predicted octanol–water partition coefficient (Wildman–Crippen LogP) is 1.76. The quantitative estimate of drug-likeness (QED) is 0.797. The number of imidazole rings is 1. The van der Waals surface area contributed by atoms with Gasteiger partial charge in [0, 0.05) is 25.9 Å². The van der Waals surface area contributed by atoms with Crippen molar-refractivity contribution in [3.05, 3.63) is 18.2 Å². The minimum Gasteiger partial charge on any atom is -0.389 e. The zero-order valence-corrected chi connectivity index (χ0v) is 9.49. The summed E-state index contributed by atoms with van der Waals surface area (Å²) in [6, 6.07) is 0. The van der Waals surface area contributed by atoms with E-state index in [4.69, 9.17) is 0 Å². The Balaban J connectivity index is 2.80. The van der Waals surface area contributed by atoms with Gasteiger partial charge in [-0.25, -0.2) is 4.98 Å². The van der Waals surface area contributed by atoms with Gasteiger partial charge < -0.3 is 9.67 Å². The minimum absolute atomic E-state index is 0.254. The highest BCUT2D eigenvalue weighted by Gasteiger charge is 2.30. The highest BCUT2D eigenvalue weighted by molar-refractivity contribution is 4.98. The molecule has 0 spiro atoms. The van der Waals surface area contributed by atoms with Crippen LogP contribution in [-0.4, -0.2) is 20.3 Å². The molecule has 0 bridgehead atoms. The van der Waals surface area contributed by atoms with Gasteiger partial charge in [0.1, 0.15) is 5.82 Å². The van der Waals surface area contributed by atoms with E-state index < -0.39 is 5.60 Å². The van der Waals surface area contributed by atoms with E-state index in [0.29, 0.717) is 6.42 Å². The van der Waals surface area contributed by atoms with Crippen molar-refractivity contribution >= 4 is 0 Å². The van der Waals surface area contributed by atoms with E-state index in [1.54, 1.807) is 6.20 Å². The molecule has 0 fully saturated rings. The zero-order chi connectivity index (χ0) is 10.8. The molecule has 1 unspecified atom stereocenters. The van der Waals surface area contributed by atoms with Crippen LogP contribution in [0.25, 0.3) is 0 Å². The molecule has 3 nitrogen and oxygen atoms in total. The molecule has 0 radical (unpaired) electrons. The van der Waals surface area contributed by atoms with E-state index in [0.717, 1.165) is 12.2 Å². The number of aliphatic hydroxyl groups is 1. The maximum Gasteiger partial charge on any atom is 0.111 e. The van der Waals surface area contributed by atoms with Crippen LogP contribution in [0, 0.1) is 5.92 Å². The van der Waals surface area contributed by atoms with Gasteiger partial charge in [0.25, 0.3) is 0 Å². The number of nitrogens with zero attached hydrogens (tertiary/aromatic N) is 2. The van der Waals surface area contributed by atoms with Crippen LogP contribution in [0.4, 0.5) is 0 Å². The number of aromatic nitrogens is 2. The Kier molecular flexibility index (Phi) is 3.32. The number of rotatable bonds is 4. The van der Waals surface area contributed by atoms with Gasteiger partial charge in [0.05, 0.1) is 5.60 Å². The summed E-state index contributed by atoms with van der Waals surface area (Å²) in [6.07, 6.45) is 5.07. The smallest absolute Gasteiger partial charge is 0.111 e. The first kappa shape index (κ1) is 11.2. The lowest BCUT2D eigenvalue weighted by Gasteiger charge is -2.30. The first-order valence-electron chi connectivity index (χ1n) is 5.18. The number of hydrogen-bond acceptors (Lipinski definition) is 2. The Hall–Kier alpha value is -0.830. The van der Waals surface area contributed by atoms with Gasteiger partial charge in [-0.2, -0.15) is 0 Å².